The molecule has 1 aromatic rings. The Morgan fingerprint density at radius 2 is 2.40 bits per heavy atom. The summed E-state index contributed by atoms with van der Waals surface area (Å²) >= 11 is 0. The summed E-state index contributed by atoms with van der Waals surface area (Å²) in [5.41, 5.74) is 2.25. The maximum atomic E-state index is 4.55. The van der Waals surface area contributed by atoms with Crippen LogP contribution in [0.4, 0.5) is 5.82 Å². The molecule has 4 heteroatoms. The van der Waals surface area contributed by atoms with Crippen LogP contribution in [0, 0.1) is 0 Å². The molecule has 2 heterocycles. The molecule has 0 saturated heterocycles. The Bertz CT molecular complexity index is 324. The van der Waals surface area contributed by atoms with Crippen molar-refractivity contribution in [2.45, 2.75) is 32.7 Å². The second-order valence-electron chi connectivity index (χ2n) is 3.86. The Kier molecular flexibility index (Phi) is 3.50. The topological polar surface area (TPSA) is 49.8 Å². The molecule has 2 rings (SSSR count). The molecule has 0 spiro atoms. The molecule has 0 atom stereocenters. The van der Waals surface area contributed by atoms with Crippen LogP contribution in [0.15, 0.2) is 6.20 Å². The van der Waals surface area contributed by atoms with Crippen molar-refractivity contribution in [3.05, 3.63) is 17.6 Å². The van der Waals surface area contributed by atoms with Crippen LogP contribution in [-0.4, -0.2) is 23.1 Å². The molecule has 0 aromatic carbocycles. The molecule has 15 heavy (non-hydrogen) atoms. The van der Waals surface area contributed by atoms with Crippen LogP contribution in [0.1, 0.15) is 31.2 Å². The quantitative estimate of drug-likeness (QED) is 0.730. The molecular formula is C11H18N4. The number of hydrogen-bond acceptors (Lipinski definition) is 4. The van der Waals surface area contributed by atoms with Gasteiger partial charge in [0, 0.05) is 26.1 Å². The minimum Gasteiger partial charge on any atom is -0.369 e. The van der Waals surface area contributed by atoms with Gasteiger partial charge in [0.1, 0.15) is 5.82 Å². The lowest BCUT2D eigenvalue weighted by Crippen LogP contribution is -2.26. The second kappa shape index (κ2) is 5.07. The van der Waals surface area contributed by atoms with Gasteiger partial charge in [-0.05, 0) is 6.42 Å². The molecule has 4 nitrogen and oxygen atoms in total. The van der Waals surface area contributed by atoms with Crippen LogP contribution >= 0.6 is 0 Å². The van der Waals surface area contributed by atoms with Gasteiger partial charge in [-0.2, -0.15) is 0 Å². The van der Waals surface area contributed by atoms with Gasteiger partial charge in [0.15, 0.2) is 0 Å². The summed E-state index contributed by atoms with van der Waals surface area (Å²) < 4.78 is 0. The van der Waals surface area contributed by atoms with Crippen molar-refractivity contribution in [2.24, 2.45) is 0 Å². The highest BCUT2D eigenvalue weighted by Gasteiger charge is 2.11. The van der Waals surface area contributed by atoms with Gasteiger partial charge in [-0.25, -0.2) is 4.98 Å². The maximum Gasteiger partial charge on any atom is 0.144 e. The van der Waals surface area contributed by atoms with Crippen molar-refractivity contribution in [3.63, 3.8) is 0 Å². The first kappa shape index (κ1) is 10.4. The summed E-state index contributed by atoms with van der Waals surface area (Å²) in [6, 6.07) is 0. The van der Waals surface area contributed by atoms with Gasteiger partial charge in [0.25, 0.3) is 0 Å². The molecule has 0 radical (unpaired) electrons. The molecule has 1 aliphatic rings. The van der Waals surface area contributed by atoms with Gasteiger partial charge < -0.3 is 10.6 Å². The van der Waals surface area contributed by atoms with E-state index in [4.69, 9.17) is 0 Å². The van der Waals surface area contributed by atoms with Crippen molar-refractivity contribution in [2.75, 3.05) is 18.4 Å². The molecule has 0 aliphatic carbocycles. The van der Waals surface area contributed by atoms with Crippen LogP contribution in [0.2, 0.25) is 0 Å². The number of nitrogens with one attached hydrogen (secondary N) is 2. The third-order valence-corrected chi connectivity index (χ3v) is 2.60. The molecule has 0 bridgehead atoms. The van der Waals surface area contributed by atoms with Crippen LogP contribution in [0.5, 0.6) is 0 Å². The van der Waals surface area contributed by atoms with Gasteiger partial charge in [0.2, 0.25) is 0 Å². The fraction of sp³-hybridized carbons (Fsp3) is 0.636. The van der Waals surface area contributed by atoms with Crippen molar-refractivity contribution in [1.82, 2.24) is 15.3 Å². The zero-order chi connectivity index (χ0) is 10.5. The van der Waals surface area contributed by atoms with E-state index in [1.165, 1.54) is 12.8 Å². The van der Waals surface area contributed by atoms with Crippen LogP contribution in [0.3, 0.4) is 0 Å². The Labute approximate surface area is 90.5 Å². The monoisotopic (exact) mass is 206 g/mol. The zero-order valence-corrected chi connectivity index (χ0v) is 9.21. The molecule has 0 saturated carbocycles. The molecule has 2 N–H and O–H groups in total. The lowest BCUT2D eigenvalue weighted by molar-refractivity contribution is 0.613. The Morgan fingerprint density at radius 1 is 1.47 bits per heavy atom. The van der Waals surface area contributed by atoms with Crippen molar-refractivity contribution in [3.8, 4) is 0 Å². The van der Waals surface area contributed by atoms with E-state index < -0.39 is 0 Å². The predicted octanol–water partition coefficient (Wildman–Crippen LogP) is 1.33. The van der Waals surface area contributed by atoms with Crippen LogP contribution < -0.4 is 10.6 Å². The molecule has 1 aliphatic heterocycles. The van der Waals surface area contributed by atoms with Gasteiger partial charge in [-0.15, -0.1) is 0 Å². The van der Waals surface area contributed by atoms with Crippen molar-refractivity contribution < 1.29 is 0 Å². The Hall–Kier alpha value is -1.16. The molecule has 0 fully saturated rings. The lowest BCUT2D eigenvalue weighted by atomic mass is 10.2. The van der Waals surface area contributed by atoms with E-state index in [0.717, 1.165) is 43.3 Å². The summed E-state index contributed by atoms with van der Waals surface area (Å²) in [5.74, 6) is 0.908. The molecular weight excluding hydrogens is 188 g/mol. The fourth-order valence-corrected chi connectivity index (χ4v) is 1.69. The number of unbranched alkanes of at least 4 members (excludes halogenated alkanes) is 1. The third kappa shape index (κ3) is 2.65. The fourth-order valence-electron chi connectivity index (χ4n) is 1.69. The first-order chi connectivity index (χ1) is 7.40. The van der Waals surface area contributed by atoms with E-state index in [9.17, 15) is 0 Å². The van der Waals surface area contributed by atoms with Crippen molar-refractivity contribution in [1.29, 1.82) is 0 Å². The SMILES string of the molecule is CCCCNc1cnc2c(n1)CNCC2. The highest BCUT2D eigenvalue weighted by molar-refractivity contribution is 5.34. The summed E-state index contributed by atoms with van der Waals surface area (Å²) in [7, 11) is 0. The van der Waals surface area contributed by atoms with E-state index in [2.05, 4.69) is 27.5 Å². The highest BCUT2D eigenvalue weighted by atomic mass is 15.0. The van der Waals surface area contributed by atoms with E-state index >= 15 is 0 Å². The molecule has 0 unspecified atom stereocenters. The summed E-state index contributed by atoms with van der Waals surface area (Å²) in [4.78, 5) is 8.98. The summed E-state index contributed by atoms with van der Waals surface area (Å²) in [6.07, 6.45) is 5.22. The van der Waals surface area contributed by atoms with Gasteiger partial charge in [0.05, 0.1) is 17.6 Å². The predicted molar refractivity (Wildman–Crippen MR) is 60.8 cm³/mol. The molecule has 82 valence electrons. The number of rotatable bonds is 4. The van der Waals surface area contributed by atoms with Crippen LogP contribution in [-0.2, 0) is 13.0 Å². The minimum absolute atomic E-state index is 0.853. The lowest BCUT2D eigenvalue weighted by Gasteiger charge is -2.16. The third-order valence-electron chi connectivity index (χ3n) is 2.60. The highest BCUT2D eigenvalue weighted by Crippen LogP contribution is 2.11. The number of nitrogens with zero attached hydrogens (tertiary/aromatic N) is 2. The molecule has 1 aromatic heterocycles. The number of hydrogen-bond donors (Lipinski definition) is 2. The van der Waals surface area contributed by atoms with E-state index in [1.807, 2.05) is 6.20 Å². The zero-order valence-electron chi connectivity index (χ0n) is 9.21. The van der Waals surface area contributed by atoms with E-state index in [0.29, 0.717) is 0 Å². The van der Waals surface area contributed by atoms with Crippen LogP contribution in [0.25, 0.3) is 0 Å². The summed E-state index contributed by atoms with van der Waals surface area (Å²) in [5, 5.41) is 6.60. The first-order valence-corrected chi connectivity index (χ1v) is 5.69. The van der Waals surface area contributed by atoms with Gasteiger partial charge in [-0.1, -0.05) is 13.3 Å². The first-order valence-electron chi connectivity index (χ1n) is 5.69. The number of fused-ring (bicyclic) bond motifs is 1. The van der Waals surface area contributed by atoms with Gasteiger partial charge in [-0.3, -0.25) is 4.98 Å². The van der Waals surface area contributed by atoms with Gasteiger partial charge >= 0.3 is 0 Å². The standard InChI is InChI=1S/C11H18N4/c1-2-3-5-13-11-8-14-9-4-6-12-7-10(9)15-11/h8,12H,2-7H2,1H3,(H,13,15). The molecule has 0 amide bonds. The average Bonchev–Trinajstić information content (AvgIpc) is 2.29. The summed E-state index contributed by atoms with van der Waals surface area (Å²) in [6.45, 7) is 5.04. The Balaban J connectivity index is 2.00. The maximum absolute atomic E-state index is 4.55. The number of aromatic nitrogens is 2. The second-order valence-corrected chi connectivity index (χ2v) is 3.86. The average molecular weight is 206 g/mol. The largest absolute Gasteiger partial charge is 0.369 e. The van der Waals surface area contributed by atoms with Crippen molar-refractivity contribution >= 4 is 5.82 Å². The van der Waals surface area contributed by atoms with E-state index in [1.54, 1.807) is 0 Å². The van der Waals surface area contributed by atoms with E-state index in [-0.39, 0.29) is 0 Å². The Morgan fingerprint density at radius 3 is 3.27 bits per heavy atom. The minimum atomic E-state index is 0.853. The number of anilines is 1. The normalized spacial score (nSPS) is 14.7. The smallest absolute Gasteiger partial charge is 0.144 e.